The maximum Gasteiger partial charge on any atom is 0.416 e. The number of pyridine rings is 1. The first-order valence-electron chi connectivity index (χ1n) is 11.8. The Morgan fingerprint density at radius 1 is 1.20 bits per heavy atom. The number of ether oxygens (including phenoxy) is 1. The fourth-order valence-corrected chi connectivity index (χ4v) is 5.04. The van der Waals surface area contributed by atoms with Crippen molar-refractivity contribution in [3.63, 3.8) is 0 Å². The highest BCUT2D eigenvalue weighted by molar-refractivity contribution is 6.07. The number of aromatic nitrogens is 1. The van der Waals surface area contributed by atoms with Gasteiger partial charge in [-0.15, -0.1) is 0 Å². The van der Waals surface area contributed by atoms with Crippen LogP contribution in [0.5, 0.6) is 5.88 Å². The van der Waals surface area contributed by atoms with Crippen LogP contribution >= 0.6 is 0 Å². The Hall–Kier alpha value is -3.10. The molecule has 1 aromatic heterocycles. The quantitative estimate of drug-likeness (QED) is 0.640. The van der Waals surface area contributed by atoms with Gasteiger partial charge in [0.15, 0.2) is 0 Å². The highest BCUT2D eigenvalue weighted by atomic mass is 19.4. The van der Waals surface area contributed by atoms with Crippen molar-refractivity contribution >= 4 is 17.5 Å². The SMILES string of the molecule is COc1cc2c(cn1)C(C)(C)C(=O)N2CC1CCC(NC(=O)c2cc(C(F)(F)F)ccc2C)CC1. The minimum Gasteiger partial charge on any atom is -0.481 e. The number of fused-ring (bicyclic) bond motifs is 1. The first-order valence-corrected chi connectivity index (χ1v) is 11.8. The zero-order valence-electron chi connectivity index (χ0n) is 20.3. The van der Waals surface area contributed by atoms with Crippen molar-refractivity contribution in [3.8, 4) is 5.88 Å². The topological polar surface area (TPSA) is 71.5 Å². The Bertz CT molecular complexity index is 1140. The van der Waals surface area contributed by atoms with Gasteiger partial charge >= 0.3 is 6.18 Å². The molecule has 4 rings (SSSR count). The van der Waals surface area contributed by atoms with Crippen LogP contribution in [0.4, 0.5) is 18.9 Å². The molecule has 1 fully saturated rings. The second kappa shape index (κ2) is 9.17. The molecule has 2 heterocycles. The molecule has 9 heteroatoms. The molecular weight excluding hydrogens is 459 g/mol. The summed E-state index contributed by atoms with van der Waals surface area (Å²) in [5.41, 5.74) is 0.752. The monoisotopic (exact) mass is 489 g/mol. The van der Waals surface area contributed by atoms with Crippen molar-refractivity contribution in [2.75, 3.05) is 18.6 Å². The molecule has 0 radical (unpaired) electrons. The molecule has 0 spiro atoms. The van der Waals surface area contributed by atoms with Gasteiger partial charge in [0.05, 0.1) is 23.8 Å². The van der Waals surface area contributed by atoms with E-state index in [-0.39, 0.29) is 23.4 Å². The summed E-state index contributed by atoms with van der Waals surface area (Å²) < 4.78 is 44.5. The Balaban J connectivity index is 1.39. The molecule has 2 aliphatic rings. The van der Waals surface area contributed by atoms with Crippen LogP contribution in [0.3, 0.4) is 0 Å². The molecule has 6 nitrogen and oxygen atoms in total. The first kappa shape index (κ1) is 25.0. The zero-order chi connectivity index (χ0) is 25.5. The summed E-state index contributed by atoms with van der Waals surface area (Å²) in [5, 5.41) is 2.91. The van der Waals surface area contributed by atoms with E-state index in [4.69, 9.17) is 4.74 Å². The summed E-state index contributed by atoms with van der Waals surface area (Å²) in [7, 11) is 1.54. The third-order valence-electron chi connectivity index (χ3n) is 7.24. The van der Waals surface area contributed by atoms with E-state index in [1.54, 1.807) is 19.2 Å². The molecule has 2 aromatic rings. The number of halogens is 3. The summed E-state index contributed by atoms with van der Waals surface area (Å²) >= 11 is 0. The summed E-state index contributed by atoms with van der Waals surface area (Å²) in [6.07, 6.45) is 0.205. The number of hydrogen-bond donors (Lipinski definition) is 1. The number of alkyl halides is 3. The maximum absolute atomic E-state index is 13.2. The molecule has 0 atom stereocenters. The Kier molecular flexibility index (Phi) is 6.55. The van der Waals surface area contributed by atoms with E-state index in [1.807, 2.05) is 18.7 Å². The Morgan fingerprint density at radius 3 is 2.51 bits per heavy atom. The highest BCUT2D eigenvalue weighted by Gasteiger charge is 2.45. The number of nitrogens with zero attached hydrogens (tertiary/aromatic N) is 2. The van der Waals surface area contributed by atoms with Gasteiger partial charge in [-0.25, -0.2) is 4.98 Å². The average molecular weight is 490 g/mol. The molecule has 0 bridgehead atoms. The Morgan fingerprint density at radius 2 is 1.89 bits per heavy atom. The molecule has 35 heavy (non-hydrogen) atoms. The third-order valence-corrected chi connectivity index (χ3v) is 7.24. The van der Waals surface area contributed by atoms with Crippen molar-refractivity contribution in [1.29, 1.82) is 0 Å². The lowest BCUT2D eigenvalue weighted by molar-refractivity contribution is -0.137. The number of rotatable bonds is 5. The summed E-state index contributed by atoms with van der Waals surface area (Å²) in [4.78, 5) is 32.0. The summed E-state index contributed by atoms with van der Waals surface area (Å²) in [5.74, 6) is 0.249. The zero-order valence-corrected chi connectivity index (χ0v) is 20.3. The van der Waals surface area contributed by atoms with E-state index in [9.17, 15) is 22.8 Å². The van der Waals surface area contributed by atoms with E-state index in [0.29, 0.717) is 30.8 Å². The lowest BCUT2D eigenvalue weighted by Crippen LogP contribution is -2.42. The number of anilines is 1. The molecule has 188 valence electrons. The molecule has 1 aliphatic heterocycles. The minimum atomic E-state index is -4.50. The summed E-state index contributed by atoms with van der Waals surface area (Å²) in [6.45, 7) is 5.98. The fourth-order valence-electron chi connectivity index (χ4n) is 5.04. The molecular formula is C26H30F3N3O3. The lowest BCUT2D eigenvalue weighted by atomic mass is 9.85. The van der Waals surface area contributed by atoms with Crippen LogP contribution in [0.25, 0.3) is 0 Å². The van der Waals surface area contributed by atoms with Gasteiger partial charge in [-0.3, -0.25) is 9.59 Å². The molecule has 0 unspecified atom stereocenters. The number of hydrogen-bond acceptors (Lipinski definition) is 4. The second-order valence-electron chi connectivity index (χ2n) is 10.0. The van der Waals surface area contributed by atoms with Crippen molar-refractivity contribution < 1.29 is 27.5 Å². The third kappa shape index (κ3) is 4.86. The number of carbonyl (C=O) groups excluding carboxylic acids is 2. The molecule has 1 saturated carbocycles. The normalized spacial score (nSPS) is 21.6. The number of aryl methyl sites for hydroxylation is 1. The van der Waals surface area contributed by atoms with Crippen LogP contribution in [0.1, 0.15) is 66.6 Å². The largest absolute Gasteiger partial charge is 0.481 e. The molecule has 1 aromatic carbocycles. The maximum atomic E-state index is 13.2. The summed E-state index contributed by atoms with van der Waals surface area (Å²) in [6, 6.07) is 4.91. The number of nitrogens with one attached hydrogen (secondary N) is 1. The number of methoxy groups -OCH3 is 1. The minimum absolute atomic E-state index is 0.0259. The van der Waals surface area contributed by atoms with E-state index in [0.717, 1.165) is 36.2 Å². The Labute approximate surface area is 202 Å². The fraction of sp³-hybridized carbons (Fsp3) is 0.500. The van der Waals surface area contributed by atoms with Gasteiger partial charge in [-0.2, -0.15) is 13.2 Å². The van der Waals surface area contributed by atoms with Crippen LogP contribution in [0.2, 0.25) is 0 Å². The molecule has 0 saturated heterocycles. The van der Waals surface area contributed by atoms with E-state index >= 15 is 0 Å². The second-order valence-corrected chi connectivity index (χ2v) is 10.0. The molecule has 1 N–H and O–H groups in total. The smallest absolute Gasteiger partial charge is 0.416 e. The van der Waals surface area contributed by atoms with Crippen LogP contribution in [-0.4, -0.2) is 36.5 Å². The van der Waals surface area contributed by atoms with E-state index < -0.39 is 23.1 Å². The molecule has 2 amide bonds. The highest BCUT2D eigenvalue weighted by Crippen LogP contribution is 2.43. The van der Waals surface area contributed by atoms with Crippen LogP contribution < -0.4 is 15.0 Å². The van der Waals surface area contributed by atoms with Crippen molar-refractivity contribution in [2.45, 2.75) is 64.1 Å². The first-order chi connectivity index (χ1) is 16.4. The average Bonchev–Trinajstić information content (AvgIpc) is 2.99. The van der Waals surface area contributed by atoms with Crippen molar-refractivity contribution in [2.24, 2.45) is 5.92 Å². The predicted molar refractivity (Wildman–Crippen MR) is 126 cm³/mol. The van der Waals surface area contributed by atoms with Crippen LogP contribution in [0.15, 0.2) is 30.5 Å². The lowest BCUT2D eigenvalue weighted by Gasteiger charge is -2.32. The van der Waals surface area contributed by atoms with Gasteiger partial charge in [0, 0.05) is 36.0 Å². The predicted octanol–water partition coefficient (Wildman–Crippen LogP) is 5.03. The van der Waals surface area contributed by atoms with Crippen LogP contribution in [0, 0.1) is 12.8 Å². The van der Waals surface area contributed by atoms with Gasteiger partial charge in [-0.1, -0.05) is 6.07 Å². The standard InChI is InChI=1S/C26H30F3N3O3/c1-15-5-8-17(26(27,28)29)11-19(15)23(33)31-18-9-6-16(7-10-18)14-32-21-12-22(35-4)30-13-20(21)25(2,3)24(32)34/h5,8,11-13,16,18H,6-7,9-10,14H2,1-4H3,(H,31,33). The van der Waals surface area contributed by atoms with Gasteiger partial charge < -0.3 is 15.0 Å². The van der Waals surface area contributed by atoms with Crippen molar-refractivity contribution in [1.82, 2.24) is 10.3 Å². The number of amides is 2. The van der Waals surface area contributed by atoms with Gasteiger partial charge in [-0.05, 0) is 70.1 Å². The van der Waals surface area contributed by atoms with Gasteiger partial charge in [0.1, 0.15) is 0 Å². The number of benzene rings is 1. The van der Waals surface area contributed by atoms with E-state index in [1.165, 1.54) is 13.2 Å². The number of carbonyl (C=O) groups is 2. The van der Waals surface area contributed by atoms with Gasteiger partial charge in [0.25, 0.3) is 5.91 Å². The van der Waals surface area contributed by atoms with E-state index in [2.05, 4.69) is 10.3 Å². The van der Waals surface area contributed by atoms with Gasteiger partial charge in [0.2, 0.25) is 11.8 Å². The van der Waals surface area contributed by atoms with Crippen molar-refractivity contribution in [3.05, 3.63) is 52.7 Å². The molecule has 1 aliphatic carbocycles. The van der Waals surface area contributed by atoms with Crippen LogP contribution in [-0.2, 0) is 16.4 Å².